The summed E-state index contributed by atoms with van der Waals surface area (Å²) in [5, 5.41) is 3.05. The summed E-state index contributed by atoms with van der Waals surface area (Å²) in [6.07, 6.45) is 1.40. The maximum absolute atomic E-state index is 12.8. The van der Waals surface area contributed by atoms with Crippen molar-refractivity contribution in [1.82, 2.24) is 4.98 Å². The lowest BCUT2D eigenvalue weighted by Gasteiger charge is -2.09. The molecule has 2 aromatic rings. The highest BCUT2D eigenvalue weighted by Gasteiger charge is 2.12. The zero-order chi connectivity index (χ0) is 15.2. The largest absolute Gasteiger partial charge is 0.462 e. The second-order valence-corrected chi connectivity index (χ2v) is 4.36. The first kappa shape index (κ1) is 14.8. The minimum absolute atomic E-state index is 0.265. The van der Waals surface area contributed by atoms with Gasteiger partial charge in [-0.25, -0.2) is 14.2 Å². The molecule has 0 spiro atoms. The summed E-state index contributed by atoms with van der Waals surface area (Å²) >= 11 is 0. The van der Waals surface area contributed by atoms with Crippen LogP contribution in [0.5, 0.6) is 0 Å². The Morgan fingerprint density at radius 3 is 2.76 bits per heavy atom. The summed E-state index contributed by atoms with van der Waals surface area (Å²) in [5.41, 5.74) is 7.14. The molecular formula is C15H16FN3O2. The first-order valence-corrected chi connectivity index (χ1v) is 6.51. The number of ether oxygens (including phenoxy) is 1. The van der Waals surface area contributed by atoms with Crippen LogP contribution in [-0.2, 0) is 11.3 Å². The number of nitrogen functional groups attached to an aromatic ring is 1. The predicted octanol–water partition coefficient (Wildman–Crippen LogP) is 2.59. The number of esters is 1. The number of halogens is 1. The van der Waals surface area contributed by atoms with Gasteiger partial charge in [0.15, 0.2) is 0 Å². The van der Waals surface area contributed by atoms with E-state index in [1.807, 2.05) is 0 Å². The van der Waals surface area contributed by atoms with Crippen LogP contribution < -0.4 is 11.1 Å². The molecular weight excluding hydrogens is 273 g/mol. The van der Waals surface area contributed by atoms with Gasteiger partial charge in [-0.2, -0.15) is 0 Å². The first-order chi connectivity index (χ1) is 10.1. The summed E-state index contributed by atoms with van der Waals surface area (Å²) in [5.74, 6) is -0.271. The fraction of sp³-hybridized carbons (Fsp3) is 0.200. The SMILES string of the molecule is CCOC(=O)c1cc(NCc2ccc(F)cc2)ncc1N. The van der Waals surface area contributed by atoms with Crippen LogP contribution in [0.2, 0.25) is 0 Å². The van der Waals surface area contributed by atoms with Crippen LogP contribution in [0.3, 0.4) is 0 Å². The van der Waals surface area contributed by atoms with Crippen LogP contribution >= 0.6 is 0 Å². The molecule has 0 aliphatic rings. The Balaban J connectivity index is 2.08. The lowest BCUT2D eigenvalue weighted by atomic mass is 10.2. The minimum Gasteiger partial charge on any atom is -0.462 e. The fourth-order valence-electron chi connectivity index (χ4n) is 1.74. The minimum atomic E-state index is -0.484. The standard InChI is InChI=1S/C15H16FN3O2/c1-2-21-15(20)12-7-14(19-9-13(12)17)18-8-10-3-5-11(16)6-4-10/h3-7,9H,2,8,17H2,1H3,(H,18,19). The van der Waals surface area contributed by atoms with Crippen molar-refractivity contribution in [2.24, 2.45) is 0 Å². The number of hydrogen-bond donors (Lipinski definition) is 2. The van der Waals surface area contributed by atoms with Crippen molar-refractivity contribution >= 4 is 17.5 Å². The molecule has 1 aromatic carbocycles. The maximum atomic E-state index is 12.8. The monoisotopic (exact) mass is 289 g/mol. The molecule has 3 N–H and O–H groups in total. The number of aromatic nitrogens is 1. The van der Waals surface area contributed by atoms with Gasteiger partial charge in [-0.05, 0) is 30.7 Å². The number of anilines is 2. The van der Waals surface area contributed by atoms with E-state index in [1.54, 1.807) is 19.1 Å². The number of nitrogens with zero attached hydrogens (tertiary/aromatic N) is 1. The van der Waals surface area contributed by atoms with Crippen molar-refractivity contribution < 1.29 is 13.9 Å². The number of nitrogens with two attached hydrogens (primary N) is 1. The molecule has 2 rings (SSSR count). The van der Waals surface area contributed by atoms with Crippen LogP contribution in [0.4, 0.5) is 15.9 Å². The average Bonchev–Trinajstić information content (AvgIpc) is 2.48. The lowest BCUT2D eigenvalue weighted by molar-refractivity contribution is 0.0527. The molecule has 110 valence electrons. The van der Waals surface area contributed by atoms with E-state index in [0.717, 1.165) is 5.56 Å². The molecule has 0 radical (unpaired) electrons. The Labute approximate surface area is 121 Å². The van der Waals surface area contributed by atoms with Crippen molar-refractivity contribution in [1.29, 1.82) is 0 Å². The smallest absolute Gasteiger partial charge is 0.340 e. The van der Waals surface area contributed by atoms with Gasteiger partial charge < -0.3 is 15.8 Å². The third-order valence-corrected chi connectivity index (χ3v) is 2.82. The molecule has 0 unspecified atom stereocenters. The van der Waals surface area contributed by atoms with E-state index in [2.05, 4.69) is 10.3 Å². The van der Waals surface area contributed by atoms with Gasteiger partial charge in [0.25, 0.3) is 0 Å². The predicted molar refractivity (Wildman–Crippen MR) is 78.3 cm³/mol. The molecule has 0 bridgehead atoms. The molecule has 0 atom stereocenters. The Bertz CT molecular complexity index is 629. The Kier molecular flexibility index (Phi) is 4.71. The van der Waals surface area contributed by atoms with Crippen LogP contribution in [0.1, 0.15) is 22.8 Å². The second-order valence-electron chi connectivity index (χ2n) is 4.36. The summed E-state index contributed by atoms with van der Waals surface area (Å²) < 4.78 is 17.7. The van der Waals surface area contributed by atoms with E-state index < -0.39 is 5.97 Å². The molecule has 1 aromatic heterocycles. The van der Waals surface area contributed by atoms with E-state index in [9.17, 15) is 9.18 Å². The quantitative estimate of drug-likeness (QED) is 0.827. The van der Waals surface area contributed by atoms with Gasteiger partial charge in [0.05, 0.1) is 24.1 Å². The van der Waals surface area contributed by atoms with Gasteiger partial charge in [-0.15, -0.1) is 0 Å². The van der Waals surface area contributed by atoms with E-state index in [0.29, 0.717) is 12.4 Å². The van der Waals surface area contributed by atoms with Crippen molar-refractivity contribution in [3.8, 4) is 0 Å². The van der Waals surface area contributed by atoms with E-state index in [4.69, 9.17) is 10.5 Å². The van der Waals surface area contributed by atoms with Gasteiger partial charge in [-0.3, -0.25) is 0 Å². The molecule has 1 heterocycles. The lowest BCUT2D eigenvalue weighted by Crippen LogP contribution is -2.10. The maximum Gasteiger partial charge on any atom is 0.340 e. The molecule has 21 heavy (non-hydrogen) atoms. The Morgan fingerprint density at radius 1 is 1.38 bits per heavy atom. The molecule has 0 saturated carbocycles. The van der Waals surface area contributed by atoms with Crippen molar-refractivity contribution in [2.45, 2.75) is 13.5 Å². The van der Waals surface area contributed by atoms with E-state index in [1.165, 1.54) is 24.4 Å². The summed E-state index contributed by atoms with van der Waals surface area (Å²) in [4.78, 5) is 15.8. The second kappa shape index (κ2) is 6.69. The number of rotatable bonds is 5. The van der Waals surface area contributed by atoms with Gasteiger partial charge in [0, 0.05) is 6.54 Å². The number of pyridine rings is 1. The molecule has 0 aliphatic carbocycles. The van der Waals surface area contributed by atoms with Crippen LogP contribution in [-0.4, -0.2) is 17.6 Å². The molecule has 0 amide bonds. The van der Waals surface area contributed by atoms with Crippen LogP contribution in [0, 0.1) is 5.82 Å². The summed E-state index contributed by atoms with van der Waals surface area (Å²) in [6, 6.07) is 7.66. The van der Waals surface area contributed by atoms with Crippen molar-refractivity contribution in [3.63, 3.8) is 0 Å². The number of carbonyl (C=O) groups is 1. The van der Waals surface area contributed by atoms with Gasteiger partial charge in [0.2, 0.25) is 0 Å². The normalized spacial score (nSPS) is 10.2. The summed E-state index contributed by atoms with van der Waals surface area (Å²) in [6.45, 7) is 2.46. The zero-order valence-corrected chi connectivity index (χ0v) is 11.6. The van der Waals surface area contributed by atoms with Gasteiger partial charge >= 0.3 is 5.97 Å². The highest BCUT2D eigenvalue weighted by atomic mass is 19.1. The number of hydrogen-bond acceptors (Lipinski definition) is 5. The first-order valence-electron chi connectivity index (χ1n) is 6.51. The molecule has 5 nitrogen and oxygen atoms in total. The number of benzene rings is 1. The Morgan fingerprint density at radius 2 is 2.10 bits per heavy atom. The fourth-order valence-corrected chi connectivity index (χ4v) is 1.74. The average molecular weight is 289 g/mol. The highest BCUT2D eigenvalue weighted by Crippen LogP contribution is 2.17. The van der Waals surface area contributed by atoms with E-state index in [-0.39, 0.29) is 23.7 Å². The van der Waals surface area contributed by atoms with Crippen LogP contribution in [0.15, 0.2) is 36.5 Å². The highest BCUT2D eigenvalue weighted by molar-refractivity contribution is 5.95. The Hall–Kier alpha value is -2.63. The van der Waals surface area contributed by atoms with E-state index >= 15 is 0 Å². The topological polar surface area (TPSA) is 77.2 Å². The van der Waals surface area contributed by atoms with Crippen molar-refractivity contribution in [2.75, 3.05) is 17.7 Å². The van der Waals surface area contributed by atoms with Gasteiger partial charge in [0.1, 0.15) is 11.6 Å². The zero-order valence-electron chi connectivity index (χ0n) is 11.6. The van der Waals surface area contributed by atoms with Crippen molar-refractivity contribution in [3.05, 3.63) is 53.5 Å². The number of nitrogens with one attached hydrogen (secondary N) is 1. The molecule has 6 heteroatoms. The summed E-state index contributed by atoms with van der Waals surface area (Å²) in [7, 11) is 0. The molecule has 0 aliphatic heterocycles. The van der Waals surface area contributed by atoms with Gasteiger partial charge in [-0.1, -0.05) is 12.1 Å². The number of carbonyl (C=O) groups excluding carboxylic acids is 1. The van der Waals surface area contributed by atoms with Crippen LogP contribution in [0.25, 0.3) is 0 Å². The third kappa shape index (κ3) is 3.92. The molecule has 0 fully saturated rings. The molecule has 0 saturated heterocycles. The third-order valence-electron chi connectivity index (χ3n) is 2.82.